The highest BCUT2D eigenvalue weighted by Gasteiger charge is 2.43. The fraction of sp³-hybridized carbons (Fsp3) is 0.500. The predicted molar refractivity (Wildman–Crippen MR) is 99.2 cm³/mol. The second-order valence-electron chi connectivity index (χ2n) is 7.31. The number of hydrogen-bond donors (Lipinski definition) is 1. The van der Waals surface area contributed by atoms with Crippen LogP contribution in [-0.4, -0.2) is 45.4 Å². The zero-order valence-electron chi connectivity index (χ0n) is 15.8. The third-order valence-electron chi connectivity index (χ3n) is 5.19. The van der Waals surface area contributed by atoms with Gasteiger partial charge in [-0.05, 0) is 57.4 Å². The molecule has 0 radical (unpaired) electrons. The molecule has 3 rings (SSSR count). The van der Waals surface area contributed by atoms with Crippen molar-refractivity contribution in [3.63, 3.8) is 0 Å². The van der Waals surface area contributed by atoms with Crippen molar-refractivity contribution >= 4 is 5.91 Å². The van der Waals surface area contributed by atoms with E-state index in [1.807, 2.05) is 44.3 Å². The third-order valence-corrected chi connectivity index (χ3v) is 5.19. The lowest BCUT2D eigenvalue weighted by atomic mass is 9.86. The summed E-state index contributed by atoms with van der Waals surface area (Å²) in [5.74, 6) is 0.615. The van der Waals surface area contributed by atoms with Crippen LogP contribution in [0.1, 0.15) is 55.7 Å². The molecule has 0 bridgehead atoms. The highest BCUT2D eigenvalue weighted by atomic mass is 16.5. The Kier molecular flexibility index (Phi) is 5.05. The number of likely N-dealkylation sites (tertiary alicyclic amines) is 1. The van der Waals surface area contributed by atoms with Crippen molar-refractivity contribution in [2.75, 3.05) is 13.7 Å². The lowest BCUT2D eigenvalue weighted by Crippen LogP contribution is -2.48. The van der Waals surface area contributed by atoms with Crippen LogP contribution in [0.2, 0.25) is 0 Å². The summed E-state index contributed by atoms with van der Waals surface area (Å²) < 4.78 is 6.97. The highest BCUT2D eigenvalue weighted by molar-refractivity contribution is 5.92. The Hall–Kier alpha value is -2.34. The van der Waals surface area contributed by atoms with Gasteiger partial charge >= 0.3 is 0 Å². The first-order chi connectivity index (χ1) is 12.3. The van der Waals surface area contributed by atoms with Crippen molar-refractivity contribution in [3.8, 4) is 5.75 Å². The molecule has 1 fully saturated rings. The molecule has 0 spiro atoms. The number of ether oxygens (including phenoxy) is 1. The van der Waals surface area contributed by atoms with Crippen molar-refractivity contribution in [2.45, 2.75) is 51.3 Å². The van der Waals surface area contributed by atoms with E-state index in [9.17, 15) is 9.90 Å². The Balaban J connectivity index is 1.84. The van der Waals surface area contributed by atoms with Crippen LogP contribution in [0.15, 0.2) is 36.5 Å². The van der Waals surface area contributed by atoms with Crippen LogP contribution < -0.4 is 4.74 Å². The summed E-state index contributed by atoms with van der Waals surface area (Å²) in [6.07, 6.45) is 3.45. The van der Waals surface area contributed by atoms with E-state index in [2.05, 4.69) is 5.10 Å². The van der Waals surface area contributed by atoms with Gasteiger partial charge in [-0.2, -0.15) is 5.10 Å². The zero-order valence-corrected chi connectivity index (χ0v) is 15.8. The lowest BCUT2D eigenvalue weighted by Gasteiger charge is -2.36. The SMILES string of the molecule is COc1ccc([C@](C)(O)[C@H]2CCCN2C(=O)c2ccn(C(C)C)n2)cc1. The Bertz CT molecular complexity index is 765. The number of amides is 1. The maximum absolute atomic E-state index is 13.0. The molecular weight excluding hydrogens is 330 g/mol. The van der Waals surface area contributed by atoms with Crippen molar-refractivity contribution in [1.29, 1.82) is 0 Å². The van der Waals surface area contributed by atoms with E-state index in [4.69, 9.17) is 4.74 Å². The summed E-state index contributed by atoms with van der Waals surface area (Å²) >= 11 is 0. The largest absolute Gasteiger partial charge is 0.497 e. The van der Waals surface area contributed by atoms with Gasteiger partial charge in [0.25, 0.3) is 5.91 Å². The summed E-state index contributed by atoms with van der Waals surface area (Å²) in [5.41, 5.74) is 0.0609. The minimum atomic E-state index is -1.14. The minimum Gasteiger partial charge on any atom is -0.497 e. The molecule has 1 N–H and O–H groups in total. The number of rotatable bonds is 5. The number of benzene rings is 1. The van der Waals surface area contributed by atoms with Crippen LogP contribution in [0.5, 0.6) is 5.75 Å². The average Bonchev–Trinajstić information content (AvgIpc) is 3.31. The van der Waals surface area contributed by atoms with Crippen LogP contribution in [0, 0.1) is 0 Å². The topological polar surface area (TPSA) is 67.6 Å². The van der Waals surface area contributed by atoms with Gasteiger partial charge in [0.1, 0.15) is 17.0 Å². The molecule has 6 heteroatoms. The van der Waals surface area contributed by atoms with Crippen LogP contribution in [0.4, 0.5) is 0 Å². The Labute approximate surface area is 154 Å². The summed E-state index contributed by atoms with van der Waals surface area (Å²) in [6.45, 7) is 6.45. The number of hydrogen-bond acceptors (Lipinski definition) is 4. The van der Waals surface area contributed by atoms with Crippen LogP contribution in [-0.2, 0) is 5.60 Å². The molecule has 1 aromatic carbocycles. The Morgan fingerprint density at radius 1 is 1.31 bits per heavy atom. The van der Waals surface area contributed by atoms with E-state index in [1.165, 1.54) is 0 Å². The quantitative estimate of drug-likeness (QED) is 0.893. The summed E-state index contributed by atoms with van der Waals surface area (Å²) in [5, 5.41) is 15.6. The van der Waals surface area contributed by atoms with E-state index in [-0.39, 0.29) is 18.0 Å². The van der Waals surface area contributed by atoms with E-state index in [1.54, 1.807) is 29.7 Å². The van der Waals surface area contributed by atoms with E-state index >= 15 is 0 Å². The highest BCUT2D eigenvalue weighted by Crippen LogP contribution is 2.36. The van der Waals surface area contributed by atoms with E-state index in [0.717, 1.165) is 24.2 Å². The van der Waals surface area contributed by atoms with Gasteiger partial charge in [0.05, 0.1) is 13.2 Å². The second kappa shape index (κ2) is 7.11. The molecule has 1 saturated heterocycles. The fourth-order valence-corrected chi connectivity index (χ4v) is 3.60. The minimum absolute atomic E-state index is 0.124. The molecule has 0 aliphatic carbocycles. The van der Waals surface area contributed by atoms with Crippen LogP contribution >= 0.6 is 0 Å². The molecule has 0 saturated carbocycles. The van der Waals surface area contributed by atoms with Gasteiger partial charge in [0.15, 0.2) is 0 Å². The number of carbonyl (C=O) groups excluding carboxylic acids is 1. The molecule has 0 unspecified atom stereocenters. The van der Waals surface area contributed by atoms with Gasteiger partial charge in [0, 0.05) is 18.8 Å². The van der Waals surface area contributed by atoms with Crippen LogP contribution in [0.3, 0.4) is 0 Å². The van der Waals surface area contributed by atoms with Crippen molar-refractivity contribution in [2.24, 2.45) is 0 Å². The van der Waals surface area contributed by atoms with E-state index in [0.29, 0.717) is 12.2 Å². The number of aliphatic hydroxyl groups is 1. The molecule has 1 amide bonds. The molecule has 1 aromatic heterocycles. The number of nitrogens with zero attached hydrogens (tertiary/aromatic N) is 3. The third kappa shape index (κ3) is 3.33. The fourth-order valence-electron chi connectivity index (χ4n) is 3.60. The monoisotopic (exact) mass is 357 g/mol. The first-order valence-electron chi connectivity index (χ1n) is 9.07. The lowest BCUT2D eigenvalue weighted by molar-refractivity contribution is -0.0179. The van der Waals surface area contributed by atoms with Crippen LogP contribution in [0.25, 0.3) is 0 Å². The molecule has 1 aliphatic heterocycles. The average molecular weight is 357 g/mol. The summed E-state index contributed by atoms with van der Waals surface area (Å²) in [4.78, 5) is 14.8. The van der Waals surface area contributed by atoms with Gasteiger partial charge in [0.2, 0.25) is 0 Å². The standard InChI is InChI=1S/C20H27N3O3/c1-14(2)23-13-11-17(21-23)19(24)22-12-5-6-18(22)20(3,25)15-7-9-16(26-4)10-8-15/h7-11,13-14,18,25H,5-6,12H2,1-4H3/t18-,20+/m1/s1. The molecule has 2 atom stereocenters. The van der Waals surface area contributed by atoms with Gasteiger partial charge in [-0.3, -0.25) is 9.48 Å². The Morgan fingerprint density at radius 2 is 2.00 bits per heavy atom. The maximum Gasteiger partial charge on any atom is 0.274 e. The van der Waals surface area contributed by atoms with Gasteiger partial charge in [-0.1, -0.05) is 12.1 Å². The van der Waals surface area contributed by atoms with Gasteiger partial charge < -0.3 is 14.7 Å². The molecule has 26 heavy (non-hydrogen) atoms. The van der Waals surface area contributed by atoms with Gasteiger partial charge in [-0.25, -0.2) is 0 Å². The molecule has 2 heterocycles. The second-order valence-corrected chi connectivity index (χ2v) is 7.31. The van der Waals surface area contributed by atoms with Crippen molar-refractivity contribution < 1.29 is 14.6 Å². The number of carbonyl (C=O) groups is 1. The van der Waals surface area contributed by atoms with Gasteiger partial charge in [-0.15, -0.1) is 0 Å². The molecule has 2 aromatic rings. The van der Waals surface area contributed by atoms with Crippen molar-refractivity contribution in [3.05, 3.63) is 47.8 Å². The first-order valence-corrected chi connectivity index (χ1v) is 9.07. The molecule has 140 valence electrons. The number of aromatic nitrogens is 2. The maximum atomic E-state index is 13.0. The first kappa shape index (κ1) is 18.5. The molecule has 6 nitrogen and oxygen atoms in total. The summed E-state index contributed by atoms with van der Waals surface area (Å²) in [6, 6.07) is 9.03. The Morgan fingerprint density at radius 3 is 2.58 bits per heavy atom. The smallest absolute Gasteiger partial charge is 0.274 e. The van der Waals surface area contributed by atoms with Crippen molar-refractivity contribution in [1.82, 2.24) is 14.7 Å². The zero-order chi connectivity index (χ0) is 18.9. The normalized spacial score (nSPS) is 19.6. The number of methoxy groups -OCH3 is 1. The molecule has 1 aliphatic rings. The van der Waals surface area contributed by atoms with E-state index < -0.39 is 5.60 Å². The summed E-state index contributed by atoms with van der Waals surface area (Å²) in [7, 11) is 1.61. The predicted octanol–water partition coefficient (Wildman–Crippen LogP) is 2.98. The molecular formula is C20H27N3O3.